The number of halogens is 2. The van der Waals surface area contributed by atoms with Gasteiger partial charge in [0.05, 0.1) is 12.2 Å². The highest BCUT2D eigenvalue weighted by molar-refractivity contribution is 5.40. The first-order valence-electron chi connectivity index (χ1n) is 5.93. The molecule has 1 unspecified atom stereocenters. The Kier molecular flexibility index (Phi) is 4.11. The Hall–Kier alpha value is -1.95. The number of hydrogen-bond acceptors (Lipinski definition) is 3. The van der Waals surface area contributed by atoms with Gasteiger partial charge in [-0.15, -0.1) is 0 Å². The number of para-hydroxylation sites is 1. The van der Waals surface area contributed by atoms with Crippen molar-refractivity contribution in [1.82, 2.24) is 9.78 Å². The molecule has 0 aliphatic rings. The number of alkyl halides is 2. The van der Waals surface area contributed by atoms with Crippen LogP contribution in [0.5, 0.6) is 5.75 Å². The van der Waals surface area contributed by atoms with Gasteiger partial charge in [-0.2, -0.15) is 13.9 Å². The molecule has 1 aromatic heterocycles. The van der Waals surface area contributed by atoms with Gasteiger partial charge < -0.3 is 10.5 Å². The van der Waals surface area contributed by atoms with Crippen molar-refractivity contribution in [2.24, 2.45) is 5.73 Å². The molecule has 1 heterocycles. The maximum atomic E-state index is 12.3. The van der Waals surface area contributed by atoms with E-state index < -0.39 is 12.7 Å². The molecule has 2 N–H and O–H groups in total. The van der Waals surface area contributed by atoms with Gasteiger partial charge in [0.25, 0.3) is 0 Å². The average Bonchev–Trinajstić information content (AvgIpc) is 2.86. The van der Waals surface area contributed by atoms with Crippen LogP contribution in [0.3, 0.4) is 0 Å². The Morgan fingerprint density at radius 1 is 1.37 bits per heavy atom. The lowest BCUT2D eigenvalue weighted by Gasteiger charge is -2.15. The Labute approximate surface area is 109 Å². The first-order chi connectivity index (χ1) is 9.11. The number of hydrogen-bond donors (Lipinski definition) is 1. The standard InChI is InChI=1S/C13H15F2N3O/c1-2-18-8-9(7-17-18)12(16)10-5-3-4-6-11(10)19-13(14)15/h3-8,12-13H,2,16H2,1H3. The normalized spacial score (nSPS) is 12.7. The molecule has 0 amide bonds. The highest BCUT2D eigenvalue weighted by Gasteiger charge is 2.17. The Balaban J connectivity index is 2.29. The van der Waals surface area contributed by atoms with Crippen molar-refractivity contribution in [3.63, 3.8) is 0 Å². The number of aromatic nitrogens is 2. The monoisotopic (exact) mass is 267 g/mol. The number of rotatable bonds is 5. The molecule has 0 fully saturated rings. The summed E-state index contributed by atoms with van der Waals surface area (Å²) in [5.41, 5.74) is 7.35. The van der Waals surface area contributed by atoms with E-state index in [4.69, 9.17) is 5.73 Å². The summed E-state index contributed by atoms with van der Waals surface area (Å²) in [5.74, 6) is 0.0919. The van der Waals surface area contributed by atoms with E-state index in [9.17, 15) is 8.78 Å². The van der Waals surface area contributed by atoms with Gasteiger partial charge >= 0.3 is 6.61 Å². The molecular formula is C13H15F2N3O. The largest absolute Gasteiger partial charge is 0.434 e. The van der Waals surface area contributed by atoms with Crippen molar-refractivity contribution in [3.05, 3.63) is 47.8 Å². The molecule has 0 saturated heterocycles. The molecule has 0 aliphatic carbocycles. The number of nitrogens with two attached hydrogens (primary N) is 1. The summed E-state index contributed by atoms with van der Waals surface area (Å²) in [7, 11) is 0. The van der Waals surface area contributed by atoms with Crippen LogP contribution in [0.4, 0.5) is 8.78 Å². The molecule has 0 aliphatic heterocycles. The fourth-order valence-electron chi connectivity index (χ4n) is 1.83. The molecule has 1 aromatic carbocycles. The summed E-state index contributed by atoms with van der Waals surface area (Å²) in [6.07, 6.45) is 3.43. The minimum atomic E-state index is -2.87. The third kappa shape index (κ3) is 3.08. The van der Waals surface area contributed by atoms with Crippen molar-refractivity contribution in [2.75, 3.05) is 0 Å². The minimum absolute atomic E-state index is 0.0919. The molecule has 0 saturated carbocycles. The molecule has 0 spiro atoms. The minimum Gasteiger partial charge on any atom is -0.434 e. The summed E-state index contributed by atoms with van der Waals surface area (Å²) in [6.45, 7) is -0.190. The lowest BCUT2D eigenvalue weighted by atomic mass is 10.0. The highest BCUT2D eigenvalue weighted by Crippen LogP contribution is 2.29. The molecule has 2 rings (SSSR count). The first-order valence-corrected chi connectivity index (χ1v) is 5.93. The van der Waals surface area contributed by atoms with Crippen LogP contribution in [-0.2, 0) is 6.54 Å². The van der Waals surface area contributed by atoms with Crippen LogP contribution >= 0.6 is 0 Å². The van der Waals surface area contributed by atoms with E-state index in [-0.39, 0.29) is 5.75 Å². The summed E-state index contributed by atoms with van der Waals surface area (Å²) in [5, 5.41) is 4.12. The van der Waals surface area contributed by atoms with Crippen LogP contribution in [0.1, 0.15) is 24.1 Å². The van der Waals surface area contributed by atoms with Crippen molar-refractivity contribution in [3.8, 4) is 5.75 Å². The summed E-state index contributed by atoms with van der Waals surface area (Å²) in [6, 6.07) is 5.97. The quantitative estimate of drug-likeness (QED) is 0.905. The maximum Gasteiger partial charge on any atom is 0.387 e. The third-order valence-corrected chi connectivity index (χ3v) is 2.81. The van der Waals surface area contributed by atoms with E-state index in [1.165, 1.54) is 6.07 Å². The zero-order valence-electron chi connectivity index (χ0n) is 10.5. The average molecular weight is 267 g/mol. The lowest BCUT2D eigenvalue weighted by molar-refractivity contribution is -0.0505. The van der Waals surface area contributed by atoms with E-state index in [0.717, 1.165) is 12.1 Å². The van der Waals surface area contributed by atoms with E-state index in [1.54, 1.807) is 35.3 Å². The zero-order valence-corrected chi connectivity index (χ0v) is 10.5. The van der Waals surface area contributed by atoms with Crippen LogP contribution in [0.15, 0.2) is 36.7 Å². The molecule has 2 aromatic rings. The van der Waals surface area contributed by atoms with Crippen LogP contribution in [0.2, 0.25) is 0 Å². The summed E-state index contributed by atoms with van der Waals surface area (Å²) < 4.78 is 30.9. The van der Waals surface area contributed by atoms with Gasteiger partial charge in [-0.05, 0) is 13.0 Å². The van der Waals surface area contributed by atoms with Crippen molar-refractivity contribution >= 4 is 0 Å². The second kappa shape index (κ2) is 5.79. The fourth-order valence-corrected chi connectivity index (χ4v) is 1.83. The Morgan fingerprint density at radius 2 is 2.11 bits per heavy atom. The van der Waals surface area contributed by atoms with Gasteiger partial charge in [-0.3, -0.25) is 4.68 Å². The molecule has 0 bridgehead atoms. The maximum absolute atomic E-state index is 12.3. The molecule has 0 radical (unpaired) electrons. The predicted molar refractivity (Wildman–Crippen MR) is 67.0 cm³/mol. The summed E-state index contributed by atoms with van der Waals surface area (Å²) in [4.78, 5) is 0. The van der Waals surface area contributed by atoms with Gasteiger partial charge in [0.2, 0.25) is 0 Å². The smallest absolute Gasteiger partial charge is 0.387 e. The predicted octanol–water partition coefficient (Wildman–Crippen LogP) is 2.55. The molecule has 102 valence electrons. The van der Waals surface area contributed by atoms with Crippen molar-refractivity contribution in [2.45, 2.75) is 26.1 Å². The molecule has 1 atom stereocenters. The first kappa shape index (κ1) is 13.5. The Bertz CT molecular complexity index is 542. The van der Waals surface area contributed by atoms with Gasteiger partial charge in [0, 0.05) is 23.9 Å². The number of ether oxygens (including phenoxy) is 1. The van der Waals surface area contributed by atoms with Crippen LogP contribution < -0.4 is 10.5 Å². The highest BCUT2D eigenvalue weighted by atomic mass is 19.3. The molecule has 4 nitrogen and oxygen atoms in total. The van der Waals surface area contributed by atoms with E-state index in [1.807, 2.05) is 6.92 Å². The molecular weight excluding hydrogens is 252 g/mol. The van der Waals surface area contributed by atoms with Gasteiger partial charge in [-0.1, -0.05) is 18.2 Å². The van der Waals surface area contributed by atoms with Gasteiger partial charge in [0.1, 0.15) is 5.75 Å². The van der Waals surface area contributed by atoms with E-state index in [0.29, 0.717) is 5.56 Å². The van der Waals surface area contributed by atoms with Gasteiger partial charge in [-0.25, -0.2) is 0 Å². The number of aryl methyl sites for hydroxylation is 1. The van der Waals surface area contributed by atoms with Crippen molar-refractivity contribution < 1.29 is 13.5 Å². The van der Waals surface area contributed by atoms with E-state index >= 15 is 0 Å². The van der Waals surface area contributed by atoms with Crippen molar-refractivity contribution in [1.29, 1.82) is 0 Å². The second-order valence-corrected chi connectivity index (χ2v) is 4.02. The lowest BCUT2D eigenvalue weighted by Crippen LogP contribution is -2.14. The van der Waals surface area contributed by atoms with E-state index in [2.05, 4.69) is 9.84 Å². The second-order valence-electron chi connectivity index (χ2n) is 4.02. The third-order valence-electron chi connectivity index (χ3n) is 2.81. The zero-order chi connectivity index (χ0) is 13.8. The summed E-state index contributed by atoms with van der Waals surface area (Å²) >= 11 is 0. The van der Waals surface area contributed by atoms with Crippen LogP contribution in [0, 0.1) is 0 Å². The fraction of sp³-hybridized carbons (Fsp3) is 0.308. The van der Waals surface area contributed by atoms with Crippen LogP contribution in [0.25, 0.3) is 0 Å². The Morgan fingerprint density at radius 3 is 2.74 bits per heavy atom. The topological polar surface area (TPSA) is 53.1 Å². The molecule has 19 heavy (non-hydrogen) atoms. The SMILES string of the molecule is CCn1cc(C(N)c2ccccc2OC(F)F)cn1. The van der Waals surface area contributed by atoms with Gasteiger partial charge in [0.15, 0.2) is 0 Å². The number of nitrogens with zero attached hydrogens (tertiary/aromatic N) is 2. The molecule has 6 heteroatoms. The van der Waals surface area contributed by atoms with Crippen LogP contribution in [-0.4, -0.2) is 16.4 Å². The number of benzene rings is 1.